The molecule has 0 amide bonds. The van der Waals surface area contributed by atoms with Gasteiger partial charge >= 0.3 is 0 Å². The molecule has 2 unspecified atom stereocenters. The van der Waals surface area contributed by atoms with Gasteiger partial charge in [-0.05, 0) is 31.4 Å². The molecule has 1 saturated carbocycles. The van der Waals surface area contributed by atoms with E-state index in [9.17, 15) is 0 Å². The first-order valence-electron chi connectivity index (χ1n) is 5.89. The first-order valence-corrected chi connectivity index (χ1v) is 5.89. The van der Waals surface area contributed by atoms with Crippen LogP contribution in [0.3, 0.4) is 0 Å². The van der Waals surface area contributed by atoms with Crippen LogP contribution in [0.25, 0.3) is 0 Å². The molecule has 2 atom stereocenters. The summed E-state index contributed by atoms with van der Waals surface area (Å²) in [6.07, 6.45) is 3.51. The second-order valence-corrected chi connectivity index (χ2v) is 4.23. The summed E-state index contributed by atoms with van der Waals surface area (Å²) in [4.78, 5) is 0. The van der Waals surface area contributed by atoms with Crippen molar-refractivity contribution in [3.8, 4) is 5.75 Å². The van der Waals surface area contributed by atoms with Crippen LogP contribution in [0.15, 0.2) is 30.3 Å². The SMILES string of the molecule is NC1CCC(OCCOc2ccccc2)C1. The van der Waals surface area contributed by atoms with Crippen LogP contribution in [0.2, 0.25) is 0 Å². The minimum absolute atomic E-state index is 0.333. The van der Waals surface area contributed by atoms with Crippen molar-refractivity contribution < 1.29 is 9.47 Å². The quantitative estimate of drug-likeness (QED) is 0.773. The lowest BCUT2D eigenvalue weighted by molar-refractivity contribution is 0.0375. The van der Waals surface area contributed by atoms with Gasteiger partial charge in [0.25, 0.3) is 0 Å². The van der Waals surface area contributed by atoms with Crippen molar-refractivity contribution in [2.24, 2.45) is 5.73 Å². The van der Waals surface area contributed by atoms with E-state index in [0.717, 1.165) is 25.0 Å². The second-order valence-electron chi connectivity index (χ2n) is 4.23. The van der Waals surface area contributed by atoms with Crippen molar-refractivity contribution in [2.75, 3.05) is 13.2 Å². The van der Waals surface area contributed by atoms with Gasteiger partial charge in [-0.2, -0.15) is 0 Å². The van der Waals surface area contributed by atoms with Gasteiger partial charge in [-0.15, -0.1) is 0 Å². The van der Waals surface area contributed by atoms with E-state index < -0.39 is 0 Å². The normalized spacial score (nSPS) is 24.6. The standard InChI is InChI=1S/C13H19NO2/c14-11-6-7-13(10-11)16-9-8-15-12-4-2-1-3-5-12/h1-5,11,13H,6-10,14H2. The predicted molar refractivity (Wildman–Crippen MR) is 63.5 cm³/mol. The van der Waals surface area contributed by atoms with Crippen LogP contribution in [-0.2, 0) is 4.74 Å². The summed E-state index contributed by atoms with van der Waals surface area (Å²) in [6, 6.07) is 10.1. The smallest absolute Gasteiger partial charge is 0.119 e. The molecule has 88 valence electrons. The van der Waals surface area contributed by atoms with E-state index >= 15 is 0 Å². The Labute approximate surface area is 96.5 Å². The highest BCUT2D eigenvalue weighted by molar-refractivity contribution is 5.20. The maximum absolute atomic E-state index is 5.81. The third kappa shape index (κ3) is 3.51. The lowest BCUT2D eigenvalue weighted by Gasteiger charge is -2.12. The molecule has 2 rings (SSSR count). The van der Waals surface area contributed by atoms with Gasteiger partial charge in [0, 0.05) is 6.04 Å². The average molecular weight is 221 g/mol. The van der Waals surface area contributed by atoms with Crippen LogP contribution in [-0.4, -0.2) is 25.4 Å². The fourth-order valence-corrected chi connectivity index (χ4v) is 2.02. The number of nitrogens with two attached hydrogens (primary N) is 1. The lowest BCUT2D eigenvalue weighted by Crippen LogP contribution is -2.19. The summed E-state index contributed by atoms with van der Waals surface area (Å²) < 4.78 is 11.2. The van der Waals surface area contributed by atoms with Crippen molar-refractivity contribution in [1.29, 1.82) is 0 Å². The van der Waals surface area contributed by atoms with Crippen LogP contribution >= 0.6 is 0 Å². The number of ether oxygens (including phenoxy) is 2. The van der Waals surface area contributed by atoms with Crippen LogP contribution in [0, 0.1) is 0 Å². The fourth-order valence-electron chi connectivity index (χ4n) is 2.02. The molecule has 1 fully saturated rings. The number of hydrogen-bond donors (Lipinski definition) is 1. The first-order chi connectivity index (χ1) is 7.84. The summed E-state index contributed by atoms with van der Waals surface area (Å²) in [5.41, 5.74) is 5.81. The Morgan fingerprint density at radius 3 is 2.62 bits per heavy atom. The van der Waals surface area contributed by atoms with E-state index in [1.807, 2.05) is 30.3 Å². The van der Waals surface area contributed by atoms with Crippen molar-refractivity contribution >= 4 is 0 Å². The van der Waals surface area contributed by atoms with Gasteiger partial charge in [0.1, 0.15) is 12.4 Å². The van der Waals surface area contributed by atoms with Crippen molar-refractivity contribution in [1.82, 2.24) is 0 Å². The van der Waals surface area contributed by atoms with Crippen molar-refractivity contribution in [3.63, 3.8) is 0 Å². The Balaban J connectivity index is 1.59. The molecule has 0 bridgehead atoms. The summed E-state index contributed by atoms with van der Waals surface area (Å²) in [5.74, 6) is 0.897. The Morgan fingerprint density at radius 1 is 1.12 bits per heavy atom. The van der Waals surface area contributed by atoms with E-state index in [0.29, 0.717) is 25.4 Å². The zero-order valence-corrected chi connectivity index (χ0v) is 9.47. The van der Waals surface area contributed by atoms with Crippen molar-refractivity contribution in [3.05, 3.63) is 30.3 Å². The Morgan fingerprint density at radius 2 is 1.94 bits per heavy atom. The molecular formula is C13H19NO2. The molecule has 3 nitrogen and oxygen atoms in total. The molecule has 1 aromatic rings. The number of hydrogen-bond acceptors (Lipinski definition) is 3. The molecule has 0 radical (unpaired) electrons. The number of para-hydroxylation sites is 1. The molecule has 0 aliphatic heterocycles. The molecular weight excluding hydrogens is 202 g/mol. The predicted octanol–water partition coefficient (Wildman–Crippen LogP) is 1.96. The summed E-state index contributed by atoms with van der Waals surface area (Å²) in [5, 5.41) is 0. The molecule has 1 aliphatic carbocycles. The number of benzene rings is 1. The highest BCUT2D eigenvalue weighted by atomic mass is 16.5. The molecule has 16 heavy (non-hydrogen) atoms. The van der Waals surface area contributed by atoms with Gasteiger partial charge in [-0.1, -0.05) is 18.2 Å². The van der Waals surface area contributed by atoms with Crippen LogP contribution in [0.4, 0.5) is 0 Å². The summed E-state index contributed by atoms with van der Waals surface area (Å²) in [6.45, 7) is 1.25. The highest BCUT2D eigenvalue weighted by Gasteiger charge is 2.21. The van der Waals surface area contributed by atoms with E-state index in [1.165, 1.54) is 0 Å². The van der Waals surface area contributed by atoms with Gasteiger partial charge < -0.3 is 15.2 Å². The van der Waals surface area contributed by atoms with Gasteiger partial charge in [-0.3, -0.25) is 0 Å². The minimum atomic E-state index is 0.333. The van der Waals surface area contributed by atoms with Gasteiger partial charge in [0.15, 0.2) is 0 Å². The average Bonchev–Trinajstić information content (AvgIpc) is 2.72. The molecule has 1 aromatic carbocycles. The van der Waals surface area contributed by atoms with Gasteiger partial charge in [0.05, 0.1) is 12.7 Å². The molecule has 0 aromatic heterocycles. The maximum atomic E-state index is 5.81. The van der Waals surface area contributed by atoms with Crippen LogP contribution in [0.1, 0.15) is 19.3 Å². The van der Waals surface area contributed by atoms with Crippen molar-refractivity contribution in [2.45, 2.75) is 31.4 Å². The largest absolute Gasteiger partial charge is 0.491 e. The summed E-state index contributed by atoms with van der Waals surface area (Å²) in [7, 11) is 0. The van der Waals surface area contributed by atoms with E-state index in [-0.39, 0.29) is 0 Å². The Kier molecular flexibility index (Phi) is 4.19. The molecule has 0 saturated heterocycles. The van der Waals surface area contributed by atoms with Gasteiger partial charge in [-0.25, -0.2) is 0 Å². The molecule has 0 spiro atoms. The molecule has 2 N–H and O–H groups in total. The van der Waals surface area contributed by atoms with Crippen LogP contribution in [0.5, 0.6) is 5.75 Å². The first kappa shape index (κ1) is 11.4. The lowest BCUT2D eigenvalue weighted by atomic mass is 10.3. The monoisotopic (exact) mass is 221 g/mol. The topological polar surface area (TPSA) is 44.5 Å². The third-order valence-electron chi connectivity index (χ3n) is 2.87. The molecule has 1 aliphatic rings. The van der Waals surface area contributed by atoms with E-state index in [2.05, 4.69) is 0 Å². The minimum Gasteiger partial charge on any atom is -0.491 e. The number of rotatable bonds is 5. The second kappa shape index (κ2) is 5.87. The van der Waals surface area contributed by atoms with Gasteiger partial charge in [0.2, 0.25) is 0 Å². The van der Waals surface area contributed by atoms with E-state index in [1.54, 1.807) is 0 Å². The van der Waals surface area contributed by atoms with Crippen LogP contribution < -0.4 is 10.5 Å². The maximum Gasteiger partial charge on any atom is 0.119 e. The Bertz CT molecular complexity index is 302. The van der Waals surface area contributed by atoms with E-state index in [4.69, 9.17) is 15.2 Å². The summed E-state index contributed by atoms with van der Waals surface area (Å²) >= 11 is 0. The highest BCUT2D eigenvalue weighted by Crippen LogP contribution is 2.20. The molecule has 0 heterocycles. The Hall–Kier alpha value is -1.06. The zero-order chi connectivity index (χ0) is 11.2. The third-order valence-corrected chi connectivity index (χ3v) is 2.87. The zero-order valence-electron chi connectivity index (χ0n) is 9.47. The molecule has 3 heteroatoms. The fraction of sp³-hybridized carbons (Fsp3) is 0.538.